The molecule has 0 bridgehead atoms. The van der Waals surface area contributed by atoms with Gasteiger partial charge in [-0.05, 0) is 18.6 Å². The number of aromatic nitrogens is 2. The fourth-order valence-corrected chi connectivity index (χ4v) is 3.37. The first-order valence-corrected chi connectivity index (χ1v) is 9.12. The Morgan fingerprint density at radius 1 is 1.33 bits per heavy atom. The second-order valence-electron chi connectivity index (χ2n) is 5.66. The lowest BCUT2D eigenvalue weighted by Crippen LogP contribution is -2.41. The smallest absolute Gasteiger partial charge is 0.220 e. The zero-order valence-corrected chi connectivity index (χ0v) is 14.4. The minimum Gasteiger partial charge on any atom is -0.379 e. The van der Waals surface area contributed by atoms with Crippen LogP contribution in [0, 0.1) is 0 Å². The van der Waals surface area contributed by atoms with Crippen LogP contribution in [0.3, 0.4) is 0 Å². The van der Waals surface area contributed by atoms with Gasteiger partial charge >= 0.3 is 0 Å². The molecule has 0 aromatic carbocycles. The van der Waals surface area contributed by atoms with Crippen molar-refractivity contribution < 1.29 is 9.53 Å². The van der Waals surface area contributed by atoms with Gasteiger partial charge in [0.1, 0.15) is 5.01 Å². The number of aryl methyl sites for hydroxylation is 1. The summed E-state index contributed by atoms with van der Waals surface area (Å²) in [7, 11) is 0. The zero-order chi connectivity index (χ0) is 16.6. The Labute approximate surface area is 145 Å². The summed E-state index contributed by atoms with van der Waals surface area (Å²) in [5.41, 5.74) is 1.83. The minimum absolute atomic E-state index is 0.0793. The van der Waals surface area contributed by atoms with E-state index in [1.807, 2.05) is 23.6 Å². The van der Waals surface area contributed by atoms with Crippen molar-refractivity contribution in [2.45, 2.75) is 12.8 Å². The molecule has 1 aliphatic rings. The number of amides is 1. The molecule has 1 amide bonds. The lowest BCUT2D eigenvalue weighted by molar-refractivity contribution is -0.121. The molecule has 24 heavy (non-hydrogen) atoms. The van der Waals surface area contributed by atoms with Crippen molar-refractivity contribution in [3.63, 3.8) is 0 Å². The Kier molecular flexibility index (Phi) is 6.28. The van der Waals surface area contributed by atoms with Gasteiger partial charge in [0.15, 0.2) is 0 Å². The van der Waals surface area contributed by atoms with Crippen LogP contribution in [-0.2, 0) is 16.0 Å². The van der Waals surface area contributed by atoms with Crippen LogP contribution >= 0.6 is 11.3 Å². The first-order chi connectivity index (χ1) is 11.8. The van der Waals surface area contributed by atoms with Crippen molar-refractivity contribution in [3.8, 4) is 10.7 Å². The summed E-state index contributed by atoms with van der Waals surface area (Å²) < 4.78 is 5.31. The van der Waals surface area contributed by atoms with E-state index in [-0.39, 0.29) is 5.91 Å². The number of pyridine rings is 1. The standard InChI is InChI=1S/C17H22N4O2S/c22-16(19-7-8-21-9-11-23-12-10-21)5-4-14-13-24-17(20-14)15-3-1-2-6-18-15/h1-3,6,13H,4-5,7-12H2,(H,19,22). The van der Waals surface area contributed by atoms with Gasteiger partial charge in [0, 0.05) is 44.2 Å². The Morgan fingerprint density at radius 2 is 2.21 bits per heavy atom. The molecule has 3 rings (SSSR count). The highest BCUT2D eigenvalue weighted by Crippen LogP contribution is 2.21. The highest BCUT2D eigenvalue weighted by atomic mass is 32.1. The number of hydrogen-bond donors (Lipinski definition) is 1. The number of ether oxygens (including phenoxy) is 1. The Balaban J connectivity index is 1.38. The first-order valence-electron chi connectivity index (χ1n) is 8.24. The maximum Gasteiger partial charge on any atom is 0.220 e. The van der Waals surface area contributed by atoms with E-state index >= 15 is 0 Å². The third kappa shape index (κ3) is 5.09. The highest BCUT2D eigenvalue weighted by molar-refractivity contribution is 7.13. The summed E-state index contributed by atoms with van der Waals surface area (Å²) in [6, 6.07) is 5.78. The van der Waals surface area contributed by atoms with E-state index in [9.17, 15) is 4.79 Å². The van der Waals surface area contributed by atoms with Crippen molar-refractivity contribution in [1.29, 1.82) is 0 Å². The SMILES string of the molecule is O=C(CCc1csc(-c2ccccn2)n1)NCCN1CCOCC1. The van der Waals surface area contributed by atoms with E-state index in [0.717, 1.165) is 49.2 Å². The third-order valence-corrected chi connectivity index (χ3v) is 4.81. The molecule has 1 N–H and O–H groups in total. The van der Waals surface area contributed by atoms with Crippen LogP contribution in [0.5, 0.6) is 0 Å². The molecule has 1 aliphatic heterocycles. The summed E-state index contributed by atoms with van der Waals surface area (Å²) in [6.07, 6.45) is 2.89. The number of rotatable bonds is 7. The quantitative estimate of drug-likeness (QED) is 0.825. The van der Waals surface area contributed by atoms with Crippen LogP contribution in [0.15, 0.2) is 29.8 Å². The summed E-state index contributed by atoms with van der Waals surface area (Å²) >= 11 is 1.57. The molecule has 7 heteroatoms. The number of thiazole rings is 1. The number of carbonyl (C=O) groups excluding carboxylic acids is 1. The van der Waals surface area contributed by atoms with Crippen LogP contribution in [0.1, 0.15) is 12.1 Å². The molecule has 2 aromatic heterocycles. The topological polar surface area (TPSA) is 67.4 Å². The molecule has 0 unspecified atom stereocenters. The van der Waals surface area contributed by atoms with Crippen molar-refractivity contribution in [2.24, 2.45) is 0 Å². The van der Waals surface area contributed by atoms with Crippen LogP contribution in [-0.4, -0.2) is 60.2 Å². The largest absolute Gasteiger partial charge is 0.379 e. The van der Waals surface area contributed by atoms with E-state index in [4.69, 9.17) is 4.74 Å². The van der Waals surface area contributed by atoms with Crippen molar-refractivity contribution in [2.75, 3.05) is 39.4 Å². The van der Waals surface area contributed by atoms with Gasteiger partial charge in [-0.25, -0.2) is 4.98 Å². The minimum atomic E-state index is 0.0793. The number of carbonyl (C=O) groups is 1. The second-order valence-corrected chi connectivity index (χ2v) is 6.52. The van der Waals surface area contributed by atoms with Gasteiger partial charge in [0.05, 0.1) is 24.6 Å². The molecule has 128 valence electrons. The highest BCUT2D eigenvalue weighted by Gasteiger charge is 2.11. The average molecular weight is 346 g/mol. The second kappa shape index (κ2) is 8.86. The van der Waals surface area contributed by atoms with Gasteiger partial charge in [-0.1, -0.05) is 6.07 Å². The number of hydrogen-bond acceptors (Lipinski definition) is 6. The predicted molar refractivity (Wildman–Crippen MR) is 93.9 cm³/mol. The van der Waals surface area contributed by atoms with Crippen LogP contribution < -0.4 is 5.32 Å². The van der Waals surface area contributed by atoms with Crippen LogP contribution in [0.2, 0.25) is 0 Å². The Morgan fingerprint density at radius 3 is 3.00 bits per heavy atom. The molecule has 0 atom stereocenters. The summed E-state index contributed by atoms with van der Waals surface area (Å²) in [6.45, 7) is 5.05. The molecule has 0 aliphatic carbocycles. The molecular formula is C17H22N4O2S. The molecule has 1 saturated heterocycles. The lowest BCUT2D eigenvalue weighted by Gasteiger charge is -2.26. The van der Waals surface area contributed by atoms with E-state index in [1.54, 1.807) is 17.5 Å². The molecule has 2 aromatic rings. The van der Waals surface area contributed by atoms with Gasteiger partial charge in [-0.15, -0.1) is 11.3 Å². The van der Waals surface area contributed by atoms with E-state index < -0.39 is 0 Å². The van der Waals surface area contributed by atoms with Crippen LogP contribution in [0.25, 0.3) is 10.7 Å². The van der Waals surface area contributed by atoms with E-state index in [0.29, 0.717) is 19.4 Å². The molecule has 0 saturated carbocycles. The van der Waals surface area contributed by atoms with Crippen molar-refractivity contribution in [1.82, 2.24) is 20.2 Å². The Hall–Kier alpha value is -1.83. The van der Waals surface area contributed by atoms with Crippen molar-refractivity contribution in [3.05, 3.63) is 35.5 Å². The predicted octanol–water partition coefficient (Wildman–Crippen LogP) is 1.59. The lowest BCUT2D eigenvalue weighted by atomic mass is 10.2. The third-order valence-electron chi connectivity index (χ3n) is 3.90. The first kappa shape index (κ1) is 17.0. The maximum atomic E-state index is 11.9. The fourth-order valence-electron chi connectivity index (χ4n) is 2.54. The normalized spacial score (nSPS) is 15.3. The Bertz CT molecular complexity index is 641. The van der Waals surface area contributed by atoms with E-state index in [1.165, 1.54) is 0 Å². The molecule has 0 spiro atoms. The van der Waals surface area contributed by atoms with Crippen LogP contribution in [0.4, 0.5) is 0 Å². The van der Waals surface area contributed by atoms with Gasteiger partial charge in [-0.3, -0.25) is 14.7 Å². The molecule has 3 heterocycles. The fraction of sp³-hybridized carbons (Fsp3) is 0.471. The number of nitrogens with zero attached hydrogens (tertiary/aromatic N) is 3. The van der Waals surface area contributed by atoms with Gasteiger partial charge in [-0.2, -0.15) is 0 Å². The molecule has 0 radical (unpaired) electrons. The molecule has 6 nitrogen and oxygen atoms in total. The average Bonchev–Trinajstić information content (AvgIpc) is 3.11. The maximum absolute atomic E-state index is 11.9. The van der Waals surface area contributed by atoms with Crippen molar-refractivity contribution >= 4 is 17.2 Å². The summed E-state index contributed by atoms with van der Waals surface area (Å²) in [4.78, 5) is 23.1. The van der Waals surface area contributed by atoms with E-state index in [2.05, 4.69) is 20.2 Å². The van der Waals surface area contributed by atoms with Gasteiger partial charge < -0.3 is 10.1 Å². The van der Waals surface area contributed by atoms with Gasteiger partial charge in [0.2, 0.25) is 5.91 Å². The monoisotopic (exact) mass is 346 g/mol. The summed E-state index contributed by atoms with van der Waals surface area (Å²) in [5.74, 6) is 0.0793. The number of nitrogens with one attached hydrogen (secondary N) is 1. The summed E-state index contributed by atoms with van der Waals surface area (Å²) in [5, 5.41) is 5.89. The molecule has 1 fully saturated rings. The number of morpholine rings is 1. The molecular weight excluding hydrogens is 324 g/mol. The van der Waals surface area contributed by atoms with Gasteiger partial charge in [0.25, 0.3) is 0 Å². The zero-order valence-electron chi connectivity index (χ0n) is 13.6.